The van der Waals surface area contributed by atoms with Crippen LogP contribution in [0, 0.1) is 5.92 Å². The molecule has 1 aliphatic rings. The van der Waals surface area contributed by atoms with Crippen LogP contribution >= 0.6 is 11.3 Å². The minimum atomic E-state index is -0.555. The molecule has 27 heavy (non-hydrogen) atoms. The van der Waals surface area contributed by atoms with Gasteiger partial charge in [0.05, 0.1) is 0 Å². The summed E-state index contributed by atoms with van der Waals surface area (Å²) in [5.41, 5.74) is 0.696. The van der Waals surface area contributed by atoms with E-state index in [1.165, 1.54) is 0 Å². The average Bonchev–Trinajstić information content (AvgIpc) is 3.21. The number of anilines is 2. The molecule has 1 saturated heterocycles. The molecule has 0 saturated carbocycles. The van der Waals surface area contributed by atoms with Gasteiger partial charge in [-0.3, -0.25) is 4.79 Å². The number of para-hydroxylation sites is 1. The number of urea groups is 1. The average molecular weight is 388 g/mol. The molecule has 3 amide bonds. The van der Waals surface area contributed by atoms with E-state index in [1.807, 2.05) is 54.5 Å². The van der Waals surface area contributed by atoms with Gasteiger partial charge in [0.25, 0.3) is 0 Å². The summed E-state index contributed by atoms with van der Waals surface area (Å²) in [7, 11) is 0. The lowest BCUT2D eigenvalue weighted by Crippen LogP contribution is -2.57. The van der Waals surface area contributed by atoms with Gasteiger partial charge in [-0.05, 0) is 18.1 Å². The van der Waals surface area contributed by atoms with Gasteiger partial charge in [-0.1, -0.05) is 32.0 Å². The van der Waals surface area contributed by atoms with Crippen LogP contribution in [0.2, 0.25) is 0 Å². The maximum Gasteiger partial charge on any atom is 0.319 e. The van der Waals surface area contributed by atoms with Gasteiger partial charge in [-0.15, -0.1) is 11.3 Å². The highest BCUT2D eigenvalue weighted by Crippen LogP contribution is 2.19. The standard InChI is InChI=1S/C19H25N5O2S/c1-14(2)16(22-18(26)21-15-6-4-3-5-7-15)17(25)23-9-11-24(12-10-23)19-20-8-13-27-19/h3-8,13-14,16H,9-12H2,1-2H3,(H2,21,22,26). The summed E-state index contributed by atoms with van der Waals surface area (Å²) in [5.74, 6) is -0.0389. The maximum absolute atomic E-state index is 13.0. The monoisotopic (exact) mass is 387 g/mol. The van der Waals surface area contributed by atoms with Gasteiger partial charge in [-0.25, -0.2) is 9.78 Å². The molecule has 0 radical (unpaired) electrons. The Morgan fingerprint density at radius 3 is 2.41 bits per heavy atom. The van der Waals surface area contributed by atoms with Crippen molar-refractivity contribution in [3.8, 4) is 0 Å². The number of nitrogens with zero attached hydrogens (tertiary/aromatic N) is 3. The summed E-state index contributed by atoms with van der Waals surface area (Å²) in [5, 5.41) is 8.55. The predicted molar refractivity (Wildman–Crippen MR) is 108 cm³/mol. The van der Waals surface area contributed by atoms with Crippen LogP contribution in [0.1, 0.15) is 13.8 Å². The molecule has 7 nitrogen and oxygen atoms in total. The Hall–Kier alpha value is -2.61. The molecule has 1 aliphatic heterocycles. The van der Waals surface area contributed by atoms with Crippen LogP contribution in [-0.4, -0.2) is 54.0 Å². The van der Waals surface area contributed by atoms with Gasteiger partial charge in [0.2, 0.25) is 5.91 Å². The molecule has 3 rings (SSSR count). The SMILES string of the molecule is CC(C)C(NC(=O)Nc1ccccc1)C(=O)N1CCN(c2nccs2)CC1. The van der Waals surface area contributed by atoms with E-state index in [4.69, 9.17) is 0 Å². The van der Waals surface area contributed by atoms with Crippen molar-refractivity contribution < 1.29 is 9.59 Å². The highest BCUT2D eigenvalue weighted by Gasteiger charge is 2.31. The van der Waals surface area contributed by atoms with Crippen molar-refractivity contribution in [2.45, 2.75) is 19.9 Å². The zero-order valence-electron chi connectivity index (χ0n) is 15.6. The minimum Gasteiger partial charge on any atom is -0.345 e. The van der Waals surface area contributed by atoms with E-state index in [1.54, 1.807) is 17.5 Å². The number of thiazole rings is 1. The van der Waals surface area contributed by atoms with E-state index in [-0.39, 0.29) is 17.9 Å². The van der Waals surface area contributed by atoms with E-state index in [0.717, 1.165) is 18.2 Å². The van der Waals surface area contributed by atoms with Crippen LogP contribution in [-0.2, 0) is 4.79 Å². The third-order valence-corrected chi connectivity index (χ3v) is 5.36. The van der Waals surface area contributed by atoms with Crippen molar-refractivity contribution in [3.63, 3.8) is 0 Å². The van der Waals surface area contributed by atoms with E-state index in [2.05, 4.69) is 20.5 Å². The Morgan fingerprint density at radius 2 is 1.81 bits per heavy atom. The van der Waals surface area contributed by atoms with Gasteiger partial charge in [0.1, 0.15) is 6.04 Å². The molecule has 2 N–H and O–H groups in total. The second-order valence-electron chi connectivity index (χ2n) is 6.81. The number of benzene rings is 1. The molecule has 144 valence electrons. The Bertz CT molecular complexity index is 743. The predicted octanol–water partition coefficient (Wildman–Crippen LogP) is 2.64. The Morgan fingerprint density at radius 1 is 1.11 bits per heavy atom. The molecule has 0 aliphatic carbocycles. The second-order valence-corrected chi connectivity index (χ2v) is 7.69. The van der Waals surface area contributed by atoms with Crippen molar-refractivity contribution in [3.05, 3.63) is 41.9 Å². The number of hydrogen-bond donors (Lipinski definition) is 2. The maximum atomic E-state index is 13.0. The number of nitrogens with one attached hydrogen (secondary N) is 2. The van der Waals surface area contributed by atoms with Crippen LogP contribution in [0.25, 0.3) is 0 Å². The molecule has 1 unspecified atom stereocenters. The normalized spacial score (nSPS) is 15.5. The Balaban J connectivity index is 1.56. The molecule has 1 aromatic heterocycles. The summed E-state index contributed by atoms with van der Waals surface area (Å²) in [6, 6.07) is 8.28. The molecule has 1 aromatic carbocycles. The van der Waals surface area contributed by atoms with Crippen LogP contribution in [0.4, 0.5) is 15.6 Å². The van der Waals surface area contributed by atoms with Crippen LogP contribution in [0.15, 0.2) is 41.9 Å². The summed E-state index contributed by atoms with van der Waals surface area (Å²) in [6.07, 6.45) is 1.79. The number of rotatable bonds is 5. The molecule has 2 heterocycles. The molecular formula is C19H25N5O2S. The number of amides is 3. The quantitative estimate of drug-likeness (QED) is 0.827. The number of carbonyl (C=O) groups is 2. The second kappa shape index (κ2) is 8.85. The lowest BCUT2D eigenvalue weighted by atomic mass is 10.0. The van der Waals surface area contributed by atoms with Crippen molar-refractivity contribution in [1.29, 1.82) is 0 Å². The molecular weight excluding hydrogens is 362 g/mol. The fourth-order valence-electron chi connectivity index (χ4n) is 3.03. The lowest BCUT2D eigenvalue weighted by Gasteiger charge is -2.37. The molecule has 0 spiro atoms. The lowest BCUT2D eigenvalue weighted by molar-refractivity contribution is -0.134. The largest absolute Gasteiger partial charge is 0.345 e. The van der Waals surface area contributed by atoms with Crippen molar-refractivity contribution in [2.24, 2.45) is 5.92 Å². The first kappa shape index (κ1) is 19.2. The minimum absolute atomic E-state index is 0.00369. The van der Waals surface area contributed by atoms with Crippen LogP contribution in [0.3, 0.4) is 0 Å². The third-order valence-electron chi connectivity index (χ3n) is 4.53. The summed E-state index contributed by atoms with van der Waals surface area (Å²) in [6.45, 7) is 6.64. The van der Waals surface area contributed by atoms with E-state index < -0.39 is 6.04 Å². The summed E-state index contributed by atoms with van der Waals surface area (Å²) in [4.78, 5) is 33.6. The Labute approximate surface area is 163 Å². The van der Waals surface area contributed by atoms with Gasteiger partial charge in [0.15, 0.2) is 5.13 Å². The van der Waals surface area contributed by atoms with Gasteiger partial charge < -0.3 is 20.4 Å². The summed E-state index contributed by atoms with van der Waals surface area (Å²) >= 11 is 1.61. The van der Waals surface area contributed by atoms with Crippen molar-refractivity contribution in [2.75, 3.05) is 36.4 Å². The fourth-order valence-corrected chi connectivity index (χ4v) is 3.73. The highest BCUT2D eigenvalue weighted by atomic mass is 32.1. The molecule has 8 heteroatoms. The number of aromatic nitrogens is 1. The fraction of sp³-hybridized carbons (Fsp3) is 0.421. The first-order valence-corrected chi connectivity index (χ1v) is 9.98. The zero-order chi connectivity index (χ0) is 19.2. The van der Waals surface area contributed by atoms with Gasteiger partial charge >= 0.3 is 6.03 Å². The van der Waals surface area contributed by atoms with E-state index >= 15 is 0 Å². The number of hydrogen-bond acceptors (Lipinski definition) is 5. The van der Waals surface area contributed by atoms with Gasteiger partial charge in [0, 0.05) is 43.4 Å². The zero-order valence-corrected chi connectivity index (χ0v) is 16.4. The van der Waals surface area contributed by atoms with Crippen LogP contribution < -0.4 is 15.5 Å². The van der Waals surface area contributed by atoms with Crippen molar-refractivity contribution >= 4 is 34.1 Å². The van der Waals surface area contributed by atoms with Crippen molar-refractivity contribution in [1.82, 2.24) is 15.2 Å². The first-order valence-electron chi connectivity index (χ1n) is 9.10. The van der Waals surface area contributed by atoms with E-state index in [9.17, 15) is 9.59 Å². The smallest absolute Gasteiger partial charge is 0.319 e. The first-order chi connectivity index (χ1) is 13.0. The third kappa shape index (κ3) is 4.97. The molecule has 2 aromatic rings. The van der Waals surface area contributed by atoms with E-state index in [0.29, 0.717) is 18.8 Å². The van der Waals surface area contributed by atoms with Gasteiger partial charge in [-0.2, -0.15) is 0 Å². The molecule has 1 atom stereocenters. The summed E-state index contributed by atoms with van der Waals surface area (Å²) < 4.78 is 0. The topological polar surface area (TPSA) is 77.6 Å². The number of piperazine rings is 1. The molecule has 0 bridgehead atoms. The molecule has 1 fully saturated rings. The highest BCUT2D eigenvalue weighted by molar-refractivity contribution is 7.13. The number of carbonyl (C=O) groups excluding carboxylic acids is 2. The Kier molecular flexibility index (Phi) is 6.28. The van der Waals surface area contributed by atoms with Crippen LogP contribution in [0.5, 0.6) is 0 Å².